The molecule has 7 nitrogen and oxygen atoms in total. The van der Waals surface area contributed by atoms with E-state index in [9.17, 15) is 16.8 Å². The lowest BCUT2D eigenvalue weighted by Crippen LogP contribution is -2.35. The molecule has 1 aliphatic rings. The lowest BCUT2D eigenvalue weighted by Gasteiger charge is -2.24. The van der Waals surface area contributed by atoms with Crippen LogP contribution >= 0.6 is 11.6 Å². The molecule has 3 rings (SSSR count). The number of pyridine rings is 1. The number of halogens is 1. The van der Waals surface area contributed by atoms with Gasteiger partial charge in [0, 0.05) is 12.2 Å². The zero-order valence-electron chi connectivity index (χ0n) is 12.5. The molecule has 10 heteroatoms. The molecule has 2 aromatic rings. The van der Waals surface area contributed by atoms with Crippen LogP contribution in [0.2, 0.25) is 5.15 Å². The van der Waals surface area contributed by atoms with Crippen LogP contribution in [0.4, 0.5) is 5.69 Å². The van der Waals surface area contributed by atoms with E-state index < -0.39 is 20.0 Å². The smallest absolute Gasteiger partial charge is 0.263 e. The fourth-order valence-electron chi connectivity index (χ4n) is 2.75. The largest absolute Gasteiger partial charge is 0.266 e. The van der Waals surface area contributed by atoms with Crippen LogP contribution in [0.15, 0.2) is 46.3 Å². The van der Waals surface area contributed by atoms with Gasteiger partial charge in [-0.25, -0.2) is 27.0 Å². The van der Waals surface area contributed by atoms with Gasteiger partial charge in [0.2, 0.25) is 10.0 Å². The molecule has 0 bridgehead atoms. The third-order valence-electron chi connectivity index (χ3n) is 3.79. The predicted octanol–water partition coefficient (Wildman–Crippen LogP) is 1.52. The third kappa shape index (κ3) is 2.88. The molecule has 0 spiro atoms. The van der Waals surface area contributed by atoms with E-state index in [-0.39, 0.29) is 21.0 Å². The van der Waals surface area contributed by atoms with Crippen LogP contribution in [0.1, 0.15) is 12.5 Å². The molecule has 0 fully saturated rings. The molecule has 2 N–H and O–H groups in total. The minimum absolute atomic E-state index is 0.0159. The maximum absolute atomic E-state index is 12.9. The number of nitrogens with two attached hydrogens (primary N) is 1. The quantitative estimate of drug-likeness (QED) is 0.803. The zero-order valence-corrected chi connectivity index (χ0v) is 14.9. The Morgan fingerprint density at radius 1 is 1.17 bits per heavy atom. The summed E-state index contributed by atoms with van der Waals surface area (Å²) in [5.41, 5.74) is 1.05. The van der Waals surface area contributed by atoms with Crippen molar-refractivity contribution in [3.63, 3.8) is 0 Å². The third-order valence-corrected chi connectivity index (χ3v) is 6.84. The van der Waals surface area contributed by atoms with Gasteiger partial charge in [0.25, 0.3) is 10.0 Å². The van der Waals surface area contributed by atoms with Gasteiger partial charge in [-0.05, 0) is 49.2 Å². The van der Waals surface area contributed by atoms with Crippen molar-refractivity contribution >= 4 is 37.3 Å². The number of anilines is 1. The molecule has 1 aromatic carbocycles. The maximum atomic E-state index is 12.9. The molecular weight excluding hydrogens is 374 g/mol. The van der Waals surface area contributed by atoms with Crippen LogP contribution in [0.3, 0.4) is 0 Å². The summed E-state index contributed by atoms with van der Waals surface area (Å²) >= 11 is 5.70. The standard InChI is InChI=1S/C14H14ClN3O4S2/c1-9-6-10-7-11(23(16,19)20)2-4-13(10)18(9)24(21,22)12-3-5-14(15)17-8-12/h2-5,7-9H,6H2,1H3,(H2,16,19,20). The topological polar surface area (TPSA) is 110 Å². The van der Waals surface area contributed by atoms with E-state index in [0.29, 0.717) is 17.7 Å². The van der Waals surface area contributed by atoms with Gasteiger partial charge in [0.15, 0.2) is 0 Å². The lowest BCUT2D eigenvalue weighted by atomic mass is 10.1. The van der Waals surface area contributed by atoms with Crippen molar-refractivity contribution in [3.8, 4) is 0 Å². The normalized spacial score (nSPS) is 17.8. The van der Waals surface area contributed by atoms with Crippen molar-refractivity contribution in [2.24, 2.45) is 5.14 Å². The van der Waals surface area contributed by atoms with Gasteiger partial charge >= 0.3 is 0 Å². The molecule has 0 saturated heterocycles. The zero-order chi connectivity index (χ0) is 17.7. The van der Waals surface area contributed by atoms with Crippen molar-refractivity contribution in [3.05, 3.63) is 47.2 Å². The maximum Gasteiger partial charge on any atom is 0.266 e. The van der Waals surface area contributed by atoms with Crippen molar-refractivity contribution in [1.82, 2.24) is 4.98 Å². The second-order valence-corrected chi connectivity index (χ2v) is 9.27. The minimum atomic E-state index is -3.84. The van der Waals surface area contributed by atoms with Gasteiger partial charge in [-0.3, -0.25) is 4.31 Å². The highest BCUT2D eigenvalue weighted by atomic mass is 35.5. The number of primary sulfonamides is 1. The van der Waals surface area contributed by atoms with Crippen LogP contribution in [0.25, 0.3) is 0 Å². The first-order chi connectivity index (χ1) is 11.1. The Labute approximate surface area is 145 Å². The van der Waals surface area contributed by atoms with E-state index in [1.807, 2.05) is 0 Å². The van der Waals surface area contributed by atoms with E-state index in [1.54, 1.807) is 6.92 Å². The van der Waals surface area contributed by atoms with E-state index in [4.69, 9.17) is 16.7 Å². The number of hydrogen-bond acceptors (Lipinski definition) is 5. The number of sulfonamides is 2. The second kappa shape index (κ2) is 5.69. The molecule has 128 valence electrons. The first-order valence-electron chi connectivity index (χ1n) is 6.92. The summed E-state index contributed by atoms with van der Waals surface area (Å²) in [5.74, 6) is 0. The summed E-state index contributed by atoms with van der Waals surface area (Å²) in [5, 5.41) is 5.33. The fourth-order valence-corrected chi connectivity index (χ4v) is 5.07. The summed E-state index contributed by atoms with van der Waals surface area (Å²) in [7, 11) is -7.68. The Morgan fingerprint density at radius 2 is 1.83 bits per heavy atom. The van der Waals surface area contributed by atoms with Crippen LogP contribution in [0.5, 0.6) is 0 Å². The molecule has 24 heavy (non-hydrogen) atoms. The summed E-state index contributed by atoms with van der Waals surface area (Å²) in [6.45, 7) is 1.75. The molecular formula is C14H14ClN3O4S2. The van der Waals surface area contributed by atoms with Gasteiger partial charge in [-0.2, -0.15) is 0 Å². The van der Waals surface area contributed by atoms with Crippen molar-refractivity contribution < 1.29 is 16.8 Å². The van der Waals surface area contributed by atoms with Crippen molar-refractivity contribution in [2.45, 2.75) is 29.2 Å². The van der Waals surface area contributed by atoms with Crippen LogP contribution < -0.4 is 9.44 Å². The molecule has 0 radical (unpaired) electrons. The average Bonchev–Trinajstić information content (AvgIpc) is 2.82. The minimum Gasteiger partial charge on any atom is -0.263 e. The number of nitrogens with zero attached hydrogens (tertiary/aromatic N) is 2. The monoisotopic (exact) mass is 387 g/mol. The number of hydrogen-bond donors (Lipinski definition) is 1. The molecule has 1 aliphatic heterocycles. The molecule has 0 saturated carbocycles. The lowest BCUT2D eigenvalue weighted by molar-refractivity contribution is 0.583. The van der Waals surface area contributed by atoms with Gasteiger partial charge in [0.1, 0.15) is 10.0 Å². The molecule has 0 amide bonds. The van der Waals surface area contributed by atoms with E-state index in [1.165, 1.54) is 40.8 Å². The number of aromatic nitrogens is 1. The summed E-state index contributed by atoms with van der Waals surface area (Å²) in [6, 6.07) is 6.59. The number of fused-ring (bicyclic) bond motifs is 1. The van der Waals surface area contributed by atoms with Crippen LogP contribution in [0, 0.1) is 0 Å². The van der Waals surface area contributed by atoms with Crippen LogP contribution in [-0.2, 0) is 26.5 Å². The van der Waals surface area contributed by atoms with E-state index in [2.05, 4.69) is 4.98 Å². The molecule has 1 aromatic heterocycles. The molecule has 0 aliphatic carbocycles. The average molecular weight is 388 g/mol. The Balaban J connectivity index is 2.10. The summed E-state index contributed by atoms with van der Waals surface area (Å²) in [6.07, 6.45) is 1.58. The van der Waals surface area contributed by atoms with Gasteiger partial charge in [-0.15, -0.1) is 0 Å². The first-order valence-corrected chi connectivity index (χ1v) is 10.3. The molecule has 1 unspecified atom stereocenters. The molecule has 2 heterocycles. The highest BCUT2D eigenvalue weighted by Gasteiger charge is 2.36. The van der Waals surface area contributed by atoms with Gasteiger partial charge in [-0.1, -0.05) is 11.6 Å². The predicted molar refractivity (Wildman–Crippen MR) is 89.9 cm³/mol. The summed E-state index contributed by atoms with van der Waals surface area (Å²) < 4.78 is 50.0. The summed E-state index contributed by atoms with van der Waals surface area (Å²) in [4.78, 5) is 3.78. The van der Waals surface area contributed by atoms with Crippen molar-refractivity contribution in [1.29, 1.82) is 0 Å². The van der Waals surface area contributed by atoms with Crippen molar-refractivity contribution in [2.75, 3.05) is 4.31 Å². The highest BCUT2D eigenvalue weighted by molar-refractivity contribution is 7.93. The van der Waals surface area contributed by atoms with E-state index in [0.717, 1.165) is 0 Å². The first kappa shape index (κ1) is 17.2. The Bertz CT molecular complexity index is 1000. The Hall–Kier alpha value is -1.68. The van der Waals surface area contributed by atoms with Crippen LogP contribution in [-0.4, -0.2) is 27.9 Å². The highest BCUT2D eigenvalue weighted by Crippen LogP contribution is 2.37. The number of benzene rings is 1. The second-order valence-electron chi connectivity index (χ2n) is 5.51. The van der Waals surface area contributed by atoms with E-state index >= 15 is 0 Å². The van der Waals surface area contributed by atoms with Gasteiger partial charge < -0.3 is 0 Å². The fraction of sp³-hybridized carbons (Fsp3) is 0.214. The Morgan fingerprint density at radius 3 is 2.42 bits per heavy atom. The molecule has 1 atom stereocenters. The SMILES string of the molecule is CC1Cc2cc(S(N)(=O)=O)ccc2N1S(=O)(=O)c1ccc(Cl)nc1. The van der Waals surface area contributed by atoms with Gasteiger partial charge in [0.05, 0.1) is 10.6 Å². The number of rotatable bonds is 3. The Kier molecular flexibility index (Phi) is 4.07.